The Kier molecular flexibility index (Phi) is 5.81. The number of hydrogen-bond donors (Lipinski definition) is 0. The van der Waals surface area contributed by atoms with Gasteiger partial charge in [-0.15, -0.1) is 0 Å². The second-order valence-corrected chi connectivity index (χ2v) is 10.5. The van der Waals surface area contributed by atoms with Crippen molar-refractivity contribution in [1.29, 1.82) is 5.26 Å². The quantitative estimate of drug-likeness (QED) is 0.389. The molecule has 3 fully saturated rings. The van der Waals surface area contributed by atoms with Crippen LogP contribution in [0.25, 0.3) is 0 Å². The SMILES string of the molecule is Cc1cc(C(F)(F)F)cnc1OC[C@@H]1C[C@@]2(C)O[C@]1(C)[C@@H]1C(=O)N(c3ccc(C#N)c(C(F)(F)F)c3)C(=O)[C@@H]12. The highest BCUT2D eigenvalue weighted by Gasteiger charge is 2.75. The normalized spacial score (nSPS) is 30.1. The number of halogens is 6. The number of carbonyl (C=O) groups is 2. The summed E-state index contributed by atoms with van der Waals surface area (Å²) >= 11 is 0. The molecule has 0 radical (unpaired) electrons. The van der Waals surface area contributed by atoms with Gasteiger partial charge in [-0.2, -0.15) is 31.6 Å². The molecule has 2 bridgehead atoms. The fourth-order valence-electron chi connectivity index (χ4n) is 6.22. The minimum atomic E-state index is -4.88. The van der Waals surface area contributed by atoms with Gasteiger partial charge in [0.05, 0.1) is 58.1 Å². The van der Waals surface area contributed by atoms with E-state index in [2.05, 4.69) is 4.98 Å². The number of aromatic nitrogens is 1. The average molecular weight is 553 g/mol. The number of imide groups is 1. The Morgan fingerprint density at radius 2 is 1.77 bits per heavy atom. The number of aryl methyl sites for hydroxylation is 1. The number of anilines is 1. The number of rotatable bonds is 4. The predicted octanol–water partition coefficient (Wildman–Crippen LogP) is 5.05. The molecule has 3 saturated heterocycles. The summed E-state index contributed by atoms with van der Waals surface area (Å²) in [7, 11) is 0. The van der Waals surface area contributed by atoms with Gasteiger partial charge in [0, 0.05) is 17.7 Å². The fraction of sp³-hybridized carbons (Fsp3) is 0.462. The van der Waals surface area contributed by atoms with E-state index in [0.29, 0.717) is 12.3 Å². The molecule has 13 heteroatoms. The number of amides is 2. The first kappa shape index (κ1) is 26.9. The van der Waals surface area contributed by atoms with Crippen LogP contribution in [0.3, 0.4) is 0 Å². The van der Waals surface area contributed by atoms with Crippen LogP contribution in [0.1, 0.15) is 42.5 Å². The van der Waals surface area contributed by atoms with Crippen molar-refractivity contribution in [2.45, 2.75) is 50.7 Å². The first-order valence-corrected chi connectivity index (χ1v) is 11.9. The van der Waals surface area contributed by atoms with E-state index in [-0.39, 0.29) is 30.2 Å². The van der Waals surface area contributed by atoms with Crippen LogP contribution < -0.4 is 9.64 Å². The van der Waals surface area contributed by atoms with Gasteiger partial charge in [-0.1, -0.05) is 0 Å². The van der Waals surface area contributed by atoms with Crippen molar-refractivity contribution in [2.75, 3.05) is 11.5 Å². The Hall–Kier alpha value is -3.66. The number of carbonyl (C=O) groups excluding carboxylic acids is 2. The van der Waals surface area contributed by atoms with Gasteiger partial charge in [0.25, 0.3) is 0 Å². The molecule has 0 spiro atoms. The monoisotopic (exact) mass is 553 g/mol. The lowest BCUT2D eigenvalue weighted by Crippen LogP contribution is -2.48. The summed E-state index contributed by atoms with van der Waals surface area (Å²) in [6.45, 7) is 4.60. The topological polar surface area (TPSA) is 92.5 Å². The minimum Gasteiger partial charge on any atom is -0.477 e. The van der Waals surface area contributed by atoms with Gasteiger partial charge in [0.1, 0.15) is 0 Å². The molecule has 3 aliphatic heterocycles. The van der Waals surface area contributed by atoms with E-state index in [1.165, 1.54) is 13.0 Å². The number of hydrogen-bond acceptors (Lipinski definition) is 6. The van der Waals surface area contributed by atoms with E-state index in [0.717, 1.165) is 23.1 Å². The van der Waals surface area contributed by atoms with Crippen LogP contribution in [0, 0.1) is 36.0 Å². The molecule has 39 heavy (non-hydrogen) atoms. The minimum absolute atomic E-state index is 0.0243. The molecule has 7 nitrogen and oxygen atoms in total. The molecule has 3 aliphatic rings. The second kappa shape index (κ2) is 8.42. The summed E-state index contributed by atoms with van der Waals surface area (Å²) in [5.74, 6) is -3.91. The third-order valence-corrected chi connectivity index (χ3v) is 7.96. The van der Waals surface area contributed by atoms with Gasteiger partial charge in [0.2, 0.25) is 17.7 Å². The molecule has 1 aromatic carbocycles. The zero-order chi connectivity index (χ0) is 28.7. The lowest BCUT2D eigenvalue weighted by molar-refractivity contribution is -0.138. The Bertz CT molecular complexity index is 1430. The van der Waals surface area contributed by atoms with Crippen LogP contribution in [0.4, 0.5) is 32.0 Å². The van der Waals surface area contributed by atoms with Crippen molar-refractivity contribution >= 4 is 17.5 Å². The molecule has 0 unspecified atom stereocenters. The van der Waals surface area contributed by atoms with E-state index >= 15 is 0 Å². The standard InChI is InChI=1S/C26H21F6N3O4/c1-12-6-14(25(27,28)29)10-34-20(12)38-11-15-8-23(2)18-19(24(15,3)39-23)22(37)35(21(18)36)16-5-4-13(9-33)17(7-16)26(30,31)32/h4-7,10,15,18-19H,8,11H2,1-3H3/t15-,18+,19-,23+,24-/m0/s1. The molecule has 206 valence electrons. The summed E-state index contributed by atoms with van der Waals surface area (Å²) < 4.78 is 91.4. The Morgan fingerprint density at radius 3 is 2.36 bits per heavy atom. The number of nitriles is 1. The van der Waals surface area contributed by atoms with Crippen LogP contribution in [0.2, 0.25) is 0 Å². The van der Waals surface area contributed by atoms with Crippen molar-refractivity contribution in [2.24, 2.45) is 17.8 Å². The molecule has 2 amide bonds. The van der Waals surface area contributed by atoms with Crippen LogP contribution in [-0.2, 0) is 26.7 Å². The highest BCUT2D eigenvalue weighted by molar-refractivity contribution is 6.23. The molecular formula is C26H21F6N3O4. The number of fused-ring (bicyclic) bond motifs is 5. The number of benzene rings is 1. The van der Waals surface area contributed by atoms with E-state index in [1.54, 1.807) is 13.8 Å². The largest absolute Gasteiger partial charge is 0.477 e. The molecule has 5 rings (SSSR count). The van der Waals surface area contributed by atoms with Crippen molar-refractivity contribution in [3.05, 3.63) is 52.7 Å². The zero-order valence-electron chi connectivity index (χ0n) is 20.8. The summed E-state index contributed by atoms with van der Waals surface area (Å²) in [6.07, 6.45) is -8.53. The number of alkyl halides is 6. The summed E-state index contributed by atoms with van der Waals surface area (Å²) in [4.78, 5) is 31.5. The van der Waals surface area contributed by atoms with Crippen molar-refractivity contribution in [3.63, 3.8) is 0 Å². The van der Waals surface area contributed by atoms with Crippen LogP contribution in [0.15, 0.2) is 30.5 Å². The Balaban J connectivity index is 1.42. The highest BCUT2D eigenvalue weighted by atomic mass is 19.4. The zero-order valence-corrected chi connectivity index (χ0v) is 20.8. The first-order valence-electron chi connectivity index (χ1n) is 11.9. The fourth-order valence-corrected chi connectivity index (χ4v) is 6.22. The summed E-state index contributed by atoms with van der Waals surface area (Å²) in [5, 5.41) is 9.07. The molecule has 4 heterocycles. The van der Waals surface area contributed by atoms with Gasteiger partial charge in [0.15, 0.2) is 0 Å². The van der Waals surface area contributed by atoms with Gasteiger partial charge in [-0.25, -0.2) is 9.88 Å². The van der Waals surface area contributed by atoms with E-state index in [9.17, 15) is 35.9 Å². The van der Waals surface area contributed by atoms with Crippen molar-refractivity contribution < 1.29 is 45.4 Å². The highest BCUT2D eigenvalue weighted by Crippen LogP contribution is 2.63. The average Bonchev–Trinajstić information content (AvgIpc) is 3.36. The van der Waals surface area contributed by atoms with Gasteiger partial charge < -0.3 is 9.47 Å². The van der Waals surface area contributed by atoms with E-state index in [1.807, 2.05) is 0 Å². The maximum Gasteiger partial charge on any atom is 0.417 e. The smallest absolute Gasteiger partial charge is 0.417 e. The van der Waals surface area contributed by atoms with Crippen LogP contribution in [-0.4, -0.2) is 34.6 Å². The first-order chi connectivity index (χ1) is 18.0. The molecule has 5 atom stereocenters. The van der Waals surface area contributed by atoms with Gasteiger partial charge >= 0.3 is 12.4 Å². The van der Waals surface area contributed by atoms with E-state index in [4.69, 9.17) is 14.7 Å². The third kappa shape index (κ3) is 4.04. The summed E-state index contributed by atoms with van der Waals surface area (Å²) in [6, 6.07) is 5.02. The molecule has 0 N–H and O–H groups in total. The van der Waals surface area contributed by atoms with Crippen molar-refractivity contribution in [1.82, 2.24) is 4.98 Å². The van der Waals surface area contributed by atoms with Crippen LogP contribution in [0.5, 0.6) is 5.88 Å². The lowest BCUT2D eigenvalue weighted by atomic mass is 9.64. The Labute approximate surface area is 218 Å². The summed E-state index contributed by atoms with van der Waals surface area (Å²) in [5.41, 5.74) is -5.33. The molecule has 0 aliphatic carbocycles. The van der Waals surface area contributed by atoms with Gasteiger partial charge in [-0.05, 0) is 51.5 Å². The molecular weight excluding hydrogens is 532 g/mol. The van der Waals surface area contributed by atoms with Gasteiger partial charge in [-0.3, -0.25) is 9.59 Å². The van der Waals surface area contributed by atoms with Crippen LogP contribution >= 0.6 is 0 Å². The maximum absolute atomic E-state index is 13.6. The number of ether oxygens (including phenoxy) is 2. The molecule has 1 aromatic heterocycles. The number of nitrogens with zero attached hydrogens (tertiary/aromatic N) is 3. The molecule has 0 saturated carbocycles. The second-order valence-electron chi connectivity index (χ2n) is 10.5. The predicted molar refractivity (Wildman–Crippen MR) is 121 cm³/mol. The van der Waals surface area contributed by atoms with Crippen molar-refractivity contribution in [3.8, 4) is 11.9 Å². The van der Waals surface area contributed by atoms with E-state index < -0.39 is 69.8 Å². The lowest BCUT2D eigenvalue weighted by Gasteiger charge is -2.35. The number of pyridine rings is 1. The maximum atomic E-state index is 13.6. The molecule has 2 aromatic rings. The third-order valence-electron chi connectivity index (χ3n) is 7.96. The Morgan fingerprint density at radius 1 is 1.10 bits per heavy atom.